The largest absolute Gasteiger partial charge is 0.488 e. The van der Waals surface area contributed by atoms with Crippen molar-refractivity contribution in [3.05, 3.63) is 35.7 Å². The van der Waals surface area contributed by atoms with Gasteiger partial charge in [-0.25, -0.2) is 0 Å². The van der Waals surface area contributed by atoms with E-state index in [1.165, 1.54) is 10.4 Å². The number of hydrogen-bond acceptors (Lipinski definition) is 5. The summed E-state index contributed by atoms with van der Waals surface area (Å²) in [4.78, 5) is 1.46. The molecule has 1 atom stereocenters. The van der Waals surface area contributed by atoms with Crippen LogP contribution in [0.4, 0.5) is 0 Å². The van der Waals surface area contributed by atoms with Crippen molar-refractivity contribution in [1.29, 1.82) is 0 Å². The second-order valence-electron chi connectivity index (χ2n) is 4.38. The molecule has 6 nitrogen and oxygen atoms in total. The monoisotopic (exact) mass is 245 g/mol. The fourth-order valence-electron chi connectivity index (χ4n) is 2.11. The van der Waals surface area contributed by atoms with Gasteiger partial charge in [-0.15, -0.1) is 10.2 Å². The summed E-state index contributed by atoms with van der Waals surface area (Å²) in [7, 11) is 1.76. The molecule has 1 N–H and O–H groups in total. The lowest BCUT2D eigenvalue weighted by Crippen LogP contribution is -2.30. The summed E-state index contributed by atoms with van der Waals surface area (Å²) in [6.07, 6.45) is 1.15. The zero-order valence-electron chi connectivity index (χ0n) is 10.2. The molecule has 94 valence electrons. The fourth-order valence-corrected chi connectivity index (χ4v) is 2.11. The third-order valence-corrected chi connectivity index (χ3v) is 2.92. The molecular weight excluding hydrogens is 230 g/mol. The van der Waals surface area contributed by atoms with Crippen LogP contribution in [-0.4, -0.2) is 32.9 Å². The molecule has 0 aliphatic carbocycles. The van der Waals surface area contributed by atoms with Gasteiger partial charge in [-0.2, -0.15) is 4.80 Å². The number of tetrazole rings is 1. The highest BCUT2D eigenvalue weighted by molar-refractivity contribution is 5.37. The minimum Gasteiger partial charge on any atom is -0.488 e. The summed E-state index contributed by atoms with van der Waals surface area (Å²) < 4.78 is 5.83. The molecule has 1 aromatic carbocycles. The van der Waals surface area contributed by atoms with Crippen LogP contribution < -0.4 is 10.1 Å². The molecule has 1 unspecified atom stereocenters. The Morgan fingerprint density at radius 3 is 3.11 bits per heavy atom. The van der Waals surface area contributed by atoms with Crippen molar-refractivity contribution in [3.63, 3.8) is 0 Å². The second-order valence-corrected chi connectivity index (χ2v) is 4.38. The van der Waals surface area contributed by atoms with Crippen LogP contribution in [0.3, 0.4) is 0 Å². The average Bonchev–Trinajstić information content (AvgIpc) is 2.95. The van der Waals surface area contributed by atoms with Crippen LogP contribution in [0.25, 0.3) is 0 Å². The Morgan fingerprint density at radius 2 is 2.33 bits per heavy atom. The summed E-state index contributed by atoms with van der Waals surface area (Å²) in [5.41, 5.74) is 1.28. The zero-order chi connectivity index (χ0) is 12.4. The summed E-state index contributed by atoms with van der Waals surface area (Å²) in [6.45, 7) is 1.40. The lowest BCUT2D eigenvalue weighted by atomic mass is 10.1. The minimum atomic E-state index is 0.194. The maximum atomic E-state index is 5.83. The van der Waals surface area contributed by atoms with E-state index in [1.807, 2.05) is 18.2 Å². The molecule has 0 fully saturated rings. The van der Waals surface area contributed by atoms with Crippen molar-refractivity contribution in [1.82, 2.24) is 25.5 Å². The Bertz CT molecular complexity index is 514. The second kappa shape index (κ2) is 4.73. The summed E-state index contributed by atoms with van der Waals surface area (Å²) in [5, 5.41) is 15.1. The van der Waals surface area contributed by atoms with Gasteiger partial charge in [-0.1, -0.05) is 18.2 Å². The van der Waals surface area contributed by atoms with Crippen LogP contribution in [0.1, 0.15) is 11.4 Å². The van der Waals surface area contributed by atoms with E-state index in [1.54, 1.807) is 7.05 Å². The summed E-state index contributed by atoms with van der Waals surface area (Å²) >= 11 is 0. The van der Waals surface area contributed by atoms with Crippen LogP contribution >= 0.6 is 0 Å². The van der Waals surface area contributed by atoms with Gasteiger partial charge in [0.2, 0.25) is 0 Å². The van der Waals surface area contributed by atoms with Crippen LogP contribution in [0.15, 0.2) is 24.3 Å². The van der Waals surface area contributed by atoms with Crippen molar-refractivity contribution in [2.45, 2.75) is 19.1 Å². The maximum absolute atomic E-state index is 5.83. The van der Waals surface area contributed by atoms with Crippen molar-refractivity contribution in [2.24, 2.45) is 7.05 Å². The van der Waals surface area contributed by atoms with Crippen LogP contribution in [0, 0.1) is 0 Å². The Balaban J connectivity index is 1.48. The van der Waals surface area contributed by atoms with Crippen LogP contribution in [-0.2, 0) is 20.0 Å². The molecule has 18 heavy (non-hydrogen) atoms. The molecule has 0 saturated carbocycles. The number of ether oxygens (including phenoxy) is 1. The Hall–Kier alpha value is -1.95. The van der Waals surface area contributed by atoms with Crippen LogP contribution in [0.2, 0.25) is 0 Å². The van der Waals surface area contributed by atoms with Crippen LogP contribution in [0.5, 0.6) is 5.75 Å². The van der Waals surface area contributed by atoms with E-state index in [0.717, 1.165) is 18.7 Å². The van der Waals surface area contributed by atoms with Gasteiger partial charge in [0, 0.05) is 13.0 Å². The quantitative estimate of drug-likeness (QED) is 0.839. The van der Waals surface area contributed by atoms with Gasteiger partial charge in [-0.05, 0) is 16.8 Å². The highest BCUT2D eigenvalue weighted by Crippen LogP contribution is 2.27. The van der Waals surface area contributed by atoms with Gasteiger partial charge >= 0.3 is 0 Å². The lowest BCUT2D eigenvalue weighted by molar-refractivity contribution is 0.227. The highest BCUT2D eigenvalue weighted by atomic mass is 16.5. The Kier molecular flexibility index (Phi) is 2.93. The molecule has 1 aromatic heterocycles. The number of nitrogens with one attached hydrogen (secondary N) is 1. The van der Waals surface area contributed by atoms with Crippen molar-refractivity contribution < 1.29 is 4.74 Å². The van der Waals surface area contributed by atoms with Crippen molar-refractivity contribution in [2.75, 3.05) is 6.54 Å². The maximum Gasteiger partial charge on any atom is 0.188 e. The number of aromatic nitrogens is 4. The molecule has 1 aliphatic rings. The number of aryl methyl sites for hydroxylation is 1. The van der Waals surface area contributed by atoms with Gasteiger partial charge < -0.3 is 10.1 Å². The number of fused-ring (bicyclic) bond motifs is 1. The lowest BCUT2D eigenvalue weighted by Gasteiger charge is -2.10. The van der Waals surface area contributed by atoms with E-state index in [2.05, 4.69) is 26.8 Å². The fraction of sp³-hybridized carbons (Fsp3) is 0.417. The molecular formula is C12H15N5O. The van der Waals surface area contributed by atoms with Gasteiger partial charge in [0.25, 0.3) is 0 Å². The van der Waals surface area contributed by atoms with E-state index in [-0.39, 0.29) is 6.10 Å². The first kappa shape index (κ1) is 11.2. The predicted octanol–water partition coefficient (Wildman–Crippen LogP) is 0.303. The first-order valence-corrected chi connectivity index (χ1v) is 5.99. The van der Waals surface area contributed by atoms with Gasteiger partial charge in [0.05, 0.1) is 13.6 Å². The molecule has 3 rings (SSSR count). The van der Waals surface area contributed by atoms with Gasteiger partial charge in [0.1, 0.15) is 11.9 Å². The first-order chi connectivity index (χ1) is 8.81. The smallest absolute Gasteiger partial charge is 0.188 e. The molecule has 2 heterocycles. The normalized spacial score (nSPS) is 17.5. The van der Waals surface area contributed by atoms with E-state index in [9.17, 15) is 0 Å². The standard InChI is InChI=1S/C12H15N5O/c1-17-15-12(14-16-17)8-13-7-10-6-9-4-2-3-5-11(9)18-10/h2-5,10,13H,6-8H2,1H3. The molecule has 0 bridgehead atoms. The SMILES string of the molecule is Cn1nnc(CNCC2Cc3ccccc3O2)n1. The van der Waals surface area contributed by atoms with Gasteiger partial charge in [0.15, 0.2) is 5.82 Å². The van der Waals surface area contributed by atoms with Crippen molar-refractivity contribution >= 4 is 0 Å². The highest BCUT2D eigenvalue weighted by Gasteiger charge is 2.21. The third kappa shape index (κ3) is 2.33. The van der Waals surface area contributed by atoms with E-state index < -0.39 is 0 Å². The van der Waals surface area contributed by atoms with Gasteiger partial charge in [-0.3, -0.25) is 0 Å². The summed E-state index contributed by atoms with van der Waals surface area (Å²) in [6, 6.07) is 8.17. The molecule has 6 heteroatoms. The van der Waals surface area contributed by atoms with Crippen molar-refractivity contribution in [3.8, 4) is 5.75 Å². The molecule has 2 aromatic rings. The third-order valence-electron chi connectivity index (χ3n) is 2.92. The average molecular weight is 245 g/mol. The zero-order valence-corrected chi connectivity index (χ0v) is 10.2. The number of para-hydroxylation sites is 1. The Labute approximate surface area is 105 Å². The van der Waals surface area contributed by atoms with E-state index in [4.69, 9.17) is 4.74 Å². The number of rotatable bonds is 4. The predicted molar refractivity (Wildman–Crippen MR) is 65.1 cm³/mol. The number of hydrogen-bond donors (Lipinski definition) is 1. The summed E-state index contributed by atoms with van der Waals surface area (Å²) in [5.74, 6) is 1.70. The minimum absolute atomic E-state index is 0.194. The molecule has 0 amide bonds. The van der Waals surface area contributed by atoms with E-state index >= 15 is 0 Å². The van der Waals surface area contributed by atoms with E-state index in [0.29, 0.717) is 12.4 Å². The molecule has 0 radical (unpaired) electrons. The Morgan fingerprint density at radius 1 is 1.44 bits per heavy atom. The first-order valence-electron chi connectivity index (χ1n) is 5.99. The number of benzene rings is 1. The topological polar surface area (TPSA) is 64.9 Å². The molecule has 1 aliphatic heterocycles. The molecule has 0 saturated heterocycles. The number of nitrogens with zero attached hydrogens (tertiary/aromatic N) is 4. The molecule has 0 spiro atoms.